The minimum Gasteiger partial charge on any atom is -0.369 e. The maximum atomic E-state index is 12.8. The first-order valence-electron chi connectivity index (χ1n) is 9.46. The smallest absolute Gasteiger partial charge is 0.243 e. The van der Waals surface area contributed by atoms with Gasteiger partial charge in [0.1, 0.15) is 0 Å². The van der Waals surface area contributed by atoms with Crippen LogP contribution >= 0.6 is 0 Å². The van der Waals surface area contributed by atoms with E-state index in [2.05, 4.69) is 4.90 Å². The lowest BCUT2D eigenvalue weighted by molar-refractivity contribution is -0.119. The lowest BCUT2D eigenvalue weighted by atomic mass is 9.87. The molecule has 1 aliphatic heterocycles. The fourth-order valence-electron chi connectivity index (χ4n) is 4.05. The third-order valence-electron chi connectivity index (χ3n) is 5.77. The van der Waals surface area contributed by atoms with E-state index in [1.54, 1.807) is 24.3 Å². The Morgan fingerprint density at radius 3 is 2.23 bits per heavy atom. The Morgan fingerprint density at radius 1 is 1.12 bits per heavy atom. The summed E-state index contributed by atoms with van der Waals surface area (Å²) in [5, 5.41) is 0. The molecule has 2 fully saturated rings. The third-order valence-corrected chi connectivity index (χ3v) is 7.68. The molecule has 6 nitrogen and oxygen atoms in total. The van der Waals surface area contributed by atoms with Gasteiger partial charge in [-0.3, -0.25) is 4.79 Å². The largest absolute Gasteiger partial charge is 0.369 e. The molecule has 1 aliphatic carbocycles. The van der Waals surface area contributed by atoms with Gasteiger partial charge < -0.3 is 10.6 Å². The van der Waals surface area contributed by atoms with E-state index in [1.807, 2.05) is 7.05 Å². The second-order valence-electron chi connectivity index (χ2n) is 7.62. The second-order valence-corrected chi connectivity index (χ2v) is 9.56. The molecule has 1 aromatic rings. The minimum absolute atomic E-state index is 0.287. The SMILES string of the molecule is CN1CCN(S(=O)(=O)c2ccc([C@@H](CC3CCCC3)C(N)=O)cc2)CC1. The summed E-state index contributed by atoms with van der Waals surface area (Å²) in [6, 6.07) is 6.75. The van der Waals surface area contributed by atoms with E-state index in [4.69, 9.17) is 5.73 Å². The molecule has 1 atom stereocenters. The lowest BCUT2D eigenvalue weighted by Gasteiger charge is -2.31. The predicted octanol–water partition coefficient (Wildman–Crippen LogP) is 1.77. The van der Waals surface area contributed by atoms with Crippen molar-refractivity contribution < 1.29 is 13.2 Å². The highest BCUT2D eigenvalue weighted by atomic mass is 32.2. The summed E-state index contributed by atoms with van der Waals surface area (Å²) in [5.41, 5.74) is 6.45. The van der Waals surface area contributed by atoms with Crippen LogP contribution in [0.4, 0.5) is 0 Å². The van der Waals surface area contributed by atoms with Crippen molar-refractivity contribution >= 4 is 15.9 Å². The monoisotopic (exact) mass is 379 g/mol. The Kier molecular flexibility index (Phi) is 5.99. The van der Waals surface area contributed by atoms with Crippen molar-refractivity contribution in [1.29, 1.82) is 0 Å². The number of likely N-dealkylation sites (N-methyl/N-ethyl adjacent to an activating group) is 1. The molecule has 7 heteroatoms. The van der Waals surface area contributed by atoms with Crippen molar-refractivity contribution in [2.45, 2.75) is 42.9 Å². The maximum Gasteiger partial charge on any atom is 0.243 e. The number of nitrogens with two attached hydrogens (primary N) is 1. The Hall–Kier alpha value is -1.44. The number of hydrogen-bond acceptors (Lipinski definition) is 4. The molecule has 144 valence electrons. The molecular formula is C19H29N3O3S. The summed E-state index contributed by atoms with van der Waals surface area (Å²) in [7, 11) is -1.49. The van der Waals surface area contributed by atoms with Crippen molar-refractivity contribution in [3.63, 3.8) is 0 Å². The second kappa shape index (κ2) is 8.06. The highest BCUT2D eigenvalue weighted by Crippen LogP contribution is 2.34. The zero-order chi connectivity index (χ0) is 18.7. The Balaban J connectivity index is 1.74. The molecule has 0 bridgehead atoms. The minimum atomic E-state index is -3.48. The molecule has 26 heavy (non-hydrogen) atoms. The number of sulfonamides is 1. The van der Waals surface area contributed by atoms with Crippen LogP contribution in [0.2, 0.25) is 0 Å². The Bertz CT molecular complexity index is 719. The van der Waals surface area contributed by atoms with Gasteiger partial charge in [0, 0.05) is 26.2 Å². The molecular weight excluding hydrogens is 350 g/mol. The van der Waals surface area contributed by atoms with Gasteiger partial charge in [0.05, 0.1) is 10.8 Å². The summed E-state index contributed by atoms with van der Waals surface area (Å²) in [6.45, 7) is 2.49. The number of piperazine rings is 1. The van der Waals surface area contributed by atoms with Gasteiger partial charge in [0.25, 0.3) is 0 Å². The predicted molar refractivity (Wildman–Crippen MR) is 101 cm³/mol. The zero-order valence-electron chi connectivity index (χ0n) is 15.4. The molecule has 3 rings (SSSR count). The van der Waals surface area contributed by atoms with Crippen LogP contribution in [0.5, 0.6) is 0 Å². The van der Waals surface area contributed by atoms with E-state index in [-0.39, 0.29) is 16.7 Å². The first-order chi connectivity index (χ1) is 12.4. The van der Waals surface area contributed by atoms with Crippen molar-refractivity contribution in [3.8, 4) is 0 Å². The normalized spacial score (nSPS) is 21.7. The van der Waals surface area contributed by atoms with Crippen LogP contribution in [-0.2, 0) is 14.8 Å². The summed E-state index contributed by atoms with van der Waals surface area (Å²) in [6.07, 6.45) is 5.51. The van der Waals surface area contributed by atoms with Gasteiger partial charge in [-0.15, -0.1) is 0 Å². The van der Waals surface area contributed by atoms with Crippen LogP contribution < -0.4 is 5.73 Å². The van der Waals surface area contributed by atoms with Gasteiger partial charge in [0.15, 0.2) is 0 Å². The summed E-state index contributed by atoms with van der Waals surface area (Å²) in [5.74, 6) is -0.119. The van der Waals surface area contributed by atoms with Gasteiger partial charge in [-0.1, -0.05) is 37.8 Å². The quantitative estimate of drug-likeness (QED) is 0.816. The van der Waals surface area contributed by atoms with Gasteiger partial charge in [-0.05, 0) is 37.1 Å². The standard InChI is InChI=1S/C19H29N3O3S/c1-21-10-12-22(13-11-21)26(24,25)17-8-6-16(7-9-17)18(19(20)23)14-15-4-2-3-5-15/h6-9,15,18H,2-5,10-14H2,1H3,(H2,20,23)/t18-/m1/s1. The van der Waals surface area contributed by atoms with Crippen molar-refractivity contribution in [2.75, 3.05) is 33.2 Å². The van der Waals surface area contributed by atoms with E-state index in [9.17, 15) is 13.2 Å². The number of carbonyl (C=O) groups excluding carboxylic acids is 1. The number of primary amides is 1. The van der Waals surface area contributed by atoms with Gasteiger partial charge in [-0.2, -0.15) is 4.31 Å². The molecule has 1 saturated heterocycles. The Labute approximate surface area is 156 Å². The fraction of sp³-hybridized carbons (Fsp3) is 0.632. The van der Waals surface area contributed by atoms with Crippen LogP contribution in [0.3, 0.4) is 0 Å². The average Bonchev–Trinajstić information content (AvgIpc) is 3.13. The third kappa shape index (κ3) is 4.27. The van der Waals surface area contributed by atoms with E-state index in [0.29, 0.717) is 19.0 Å². The topological polar surface area (TPSA) is 83.7 Å². The average molecular weight is 380 g/mol. The van der Waals surface area contributed by atoms with Crippen LogP contribution in [0, 0.1) is 5.92 Å². The fourth-order valence-corrected chi connectivity index (χ4v) is 5.47. The molecule has 0 aromatic heterocycles. The van der Waals surface area contributed by atoms with Crippen LogP contribution in [0.1, 0.15) is 43.6 Å². The number of nitrogens with zero attached hydrogens (tertiary/aromatic N) is 2. The summed E-state index contributed by atoms with van der Waals surface area (Å²) >= 11 is 0. The van der Waals surface area contributed by atoms with Gasteiger partial charge >= 0.3 is 0 Å². The van der Waals surface area contributed by atoms with Crippen LogP contribution in [0.25, 0.3) is 0 Å². The molecule has 0 radical (unpaired) electrons. The molecule has 0 spiro atoms. The van der Waals surface area contributed by atoms with Crippen molar-refractivity contribution in [3.05, 3.63) is 29.8 Å². The van der Waals surface area contributed by atoms with E-state index < -0.39 is 10.0 Å². The van der Waals surface area contributed by atoms with Crippen molar-refractivity contribution in [1.82, 2.24) is 9.21 Å². The summed E-state index contributed by atoms with van der Waals surface area (Å²) in [4.78, 5) is 14.3. The van der Waals surface area contributed by atoms with Crippen LogP contribution in [0.15, 0.2) is 29.2 Å². The van der Waals surface area contributed by atoms with E-state index >= 15 is 0 Å². The molecule has 1 amide bonds. The number of amides is 1. The summed E-state index contributed by atoms with van der Waals surface area (Å²) < 4.78 is 27.1. The highest BCUT2D eigenvalue weighted by Gasteiger charge is 2.29. The molecule has 1 heterocycles. The van der Waals surface area contributed by atoms with Gasteiger partial charge in [0.2, 0.25) is 15.9 Å². The number of carbonyl (C=O) groups is 1. The molecule has 2 aliphatic rings. The first-order valence-corrected chi connectivity index (χ1v) is 10.9. The van der Waals surface area contributed by atoms with E-state index in [1.165, 1.54) is 17.1 Å². The van der Waals surface area contributed by atoms with Gasteiger partial charge in [-0.25, -0.2) is 8.42 Å². The zero-order valence-corrected chi connectivity index (χ0v) is 16.2. The van der Waals surface area contributed by atoms with Crippen molar-refractivity contribution in [2.24, 2.45) is 11.7 Å². The Morgan fingerprint density at radius 2 is 1.69 bits per heavy atom. The van der Waals surface area contributed by atoms with E-state index in [0.717, 1.165) is 37.9 Å². The number of benzene rings is 1. The molecule has 2 N–H and O–H groups in total. The molecule has 0 unspecified atom stereocenters. The maximum absolute atomic E-state index is 12.8. The first kappa shape index (κ1) is 19.3. The molecule has 1 saturated carbocycles. The number of rotatable bonds is 6. The van der Waals surface area contributed by atoms with Crippen LogP contribution in [-0.4, -0.2) is 56.8 Å². The lowest BCUT2D eigenvalue weighted by Crippen LogP contribution is -2.47. The molecule has 1 aromatic carbocycles. The highest BCUT2D eigenvalue weighted by molar-refractivity contribution is 7.89. The number of hydrogen-bond donors (Lipinski definition) is 1.